The van der Waals surface area contributed by atoms with Crippen molar-refractivity contribution in [2.45, 2.75) is 364 Å². The van der Waals surface area contributed by atoms with E-state index < -0.39 is 23.4 Å². The third kappa shape index (κ3) is 12.6. The molecule has 7 nitrogen and oxygen atoms in total. The molecule has 0 bridgehead atoms. The fraction of sp³-hybridized carbons (Fsp3) is 1.00. The van der Waals surface area contributed by atoms with Crippen molar-refractivity contribution < 1.29 is 35.7 Å². The minimum Gasteiger partial charge on any atom is -0.393 e. The number of aliphatic hydroxyl groups is 7. The Morgan fingerprint density at radius 1 is 0.330 bits per heavy atom. The number of hydrogen-bond donors (Lipinski definition) is 7. The molecule has 12 aliphatic rings. The van der Waals surface area contributed by atoms with Crippen LogP contribution in [0.15, 0.2) is 0 Å². The maximum absolute atomic E-state index is 11.6. The van der Waals surface area contributed by atoms with Crippen LogP contribution in [0.5, 0.6) is 0 Å². The maximum atomic E-state index is 11.6. The van der Waals surface area contributed by atoms with Crippen LogP contribution >= 0.6 is 0 Å². The second-order valence-electron chi connectivity index (χ2n) is 38.4. The van der Waals surface area contributed by atoms with Gasteiger partial charge in [-0.1, -0.05) is 162 Å². The van der Waals surface area contributed by atoms with E-state index in [4.69, 9.17) is 0 Å². The van der Waals surface area contributed by atoms with Crippen molar-refractivity contribution in [3.8, 4) is 0 Å². The van der Waals surface area contributed by atoms with Crippen LogP contribution < -0.4 is 0 Å². The largest absolute Gasteiger partial charge is 0.393 e. The van der Waals surface area contributed by atoms with Crippen molar-refractivity contribution in [3.05, 3.63) is 0 Å². The Morgan fingerprint density at radius 3 is 1.19 bits per heavy atom. The average Bonchev–Trinajstić information content (AvgIpc) is 1.20. The molecule has 0 saturated heterocycles. The quantitative estimate of drug-likeness (QED) is 0.0866. The zero-order chi connectivity index (χ0) is 63.9. The summed E-state index contributed by atoms with van der Waals surface area (Å²) in [6, 6.07) is 0. The Labute approximate surface area is 541 Å². The highest BCUT2D eigenvalue weighted by molar-refractivity contribution is 5.19. The van der Waals surface area contributed by atoms with Crippen LogP contribution in [0, 0.1) is 145 Å². The van der Waals surface area contributed by atoms with Crippen molar-refractivity contribution in [1.29, 1.82) is 0 Å². The molecule has 12 aliphatic carbocycles. The fourth-order valence-corrected chi connectivity index (χ4v) is 27.8. The van der Waals surface area contributed by atoms with Crippen molar-refractivity contribution in [3.63, 3.8) is 0 Å². The van der Waals surface area contributed by atoms with Crippen LogP contribution in [0.1, 0.15) is 322 Å². The Kier molecular flexibility index (Phi) is 21.6. The van der Waals surface area contributed by atoms with Gasteiger partial charge in [0.25, 0.3) is 0 Å². The molecule has 7 heteroatoms. The smallest absolute Gasteiger partial charge is 0.0985 e. The van der Waals surface area contributed by atoms with Gasteiger partial charge in [-0.25, -0.2) is 0 Å². The summed E-state index contributed by atoms with van der Waals surface area (Å²) in [7, 11) is 0. The van der Waals surface area contributed by atoms with Gasteiger partial charge >= 0.3 is 0 Å². The number of hydrogen-bond acceptors (Lipinski definition) is 7. The summed E-state index contributed by atoms with van der Waals surface area (Å²) in [5, 5.41) is 76.3. The Balaban J connectivity index is 0.000000146. The van der Waals surface area contributed by atoms with E-state index in [0.717, 1.165) is 141 Å². The number of rotatable bonds is 15. The molecule has 7 N–H and O–H groups in total. The van der Waals surface area contributed by atoms with E-state index in [1.165, 1.54) is 141 Å². The highest BCUT2D eigenvalue weighted by atomic mass is 16.3. The lowest BCUT2D eigenvalue weighted by molar-refractivity contribution is -0.264. The molecule has 0 heterocycles. The summed E-state index contributed by atoms with van der Waals surface area (Å²) in [5.41, 5.74) is -0.284. The predicted octanol–water partition coefficient (Wildman–Crippen LogP) is 18.6. The summed E-state index contributed by atoms with van der Waals surface area (Å²) in [6.07, 6.45) is 38.1. The average molecular weight is 1230 g/mol. The molecule has 12 rings (SSSR count). The highest BCUT2D eigenvalue weighted by Crippen LogP contribution is 2.73. The molecule has 0 aromatic carbocycles. The minimum atomic E-state index is -1.11. The van der Waals surface area contributed by atoms with Crippen LogP contribution in [0.2, 0.25) is 0 Å². The van der Waals surface area contributed by atoms with E-state index in [1.54, 1.807) is 0 Å². The summed E-state index contributed by atoms with van der Waals surface area (Å²) in [5.74, 6) is 14.3. The monoisotopic (exact) mass is 1230 g/mol. The van der Waals surface area contributed by atoms with Crippen LogP contribution in [0.3, 0.4) is 0 Å². The van der Waals surface area contributed by atoms with Gasteiger partial charge < -0.3 is 35.7 Å². The summed E-state index contributed by atoms with van der Waals surface area (Å²) < 4.78 is 0. The molecular weight excluding hydrogens is 1080 g/mol. The van der Waals surface area contributed by atoms with Gasteiger partial charge in [0.1, 0.15) is 0 Å². The summed E-state index contributed by atoms with van der Waals surface area (Å²) in [6.45, 7) is 36.6. The normalized spacial score (nSPS) is 51.1. The first kappa shape index (κ1) is 70.5. The molecular formula is C81H144O7. The lowest BCUT2D eigenvalue weighted by atomic mass is 9.42. The van der Waals surface area contributed by atoms with Gasteiger partial charge in [0.2, 0.25) is 0 Å². The maximum Gasteiger partial charge on any atom is 0.0985 e. The molecule has 29 unspecified atom stereocenters. The van der Waals surface area contributed by atoms with Crippen molar-refractivity contribution >= 4 is 0 Å². The topological polar surface area (TPSA) is 142 Å². The molecule has 510 valence electrons. The summed E-state index contributed by atoms with van der Waals surface area (Å²) >= 11 is 0. The SMILES string of the molecule is CC(C)CCCC(C)C1CCC2C3CC(O)C4(O)CC(O)CCC4(C)C3CCC12C.CC(C)CCCC(C)C1CCC2C3CC(O)C4CC(O)CCC4(C)C3CCC12C.CC(C)CCCC(C)C1CCC2C3CCC4(O)CC(O)CCC4(C)C3CCC12C. The molecule has 0 aromatic rings. The molecule has 12 saturated carbocycles. The van der Waals surface area contributed by atoms with Gasteiger partial charge in [-0.3, -0.25) is 0 Å². The Hall–Kier alpha value is -0.280. The van der Waals surface area contributed by atoms with Gasteiger partial charge in [0, 0.05) is 18.3 Å². The summed E-state index contributed by atoms with van der Waals surface area (Å²) in [4.78, 5) is 0. The van der Waals surface area contributed by atoms with Gasteiger partial charge in [-0.05, 0) is 287 Å². The molecule has 12 fully saturated rings. The van der Waals surface area contributed by atoms with Crippen molar-refractivity contribution in [2.75, 3.05) is 0 Å². The van der Waals surface area contributed by atoms with Crippen LogP contribution in [-0.4, -0.2) is 77.5 Å². The minimum absolute atomic E-state index is 0.0252. The third-order valence-corrected chi connectivity index (χ3v) is 32.9. The Morgan fingerprint density at radius 2 is 0.716 bits per heavy atom. The lowest BCUT2D eigenvalue weighted by Crippen LogP contribution is -2.68. The molecule has 88 heavy (non-hydrogen) atoms. The van der Waals surface area contributed by atoms with E-state index in [0.29, 0.717) is 64.6 Å². The van der Waals surface area contributed by atoms with Crippen molar-refractivity contribution in [1.82, 2.24) is 0 Å². The van der Waals surface area contributed by atoms with E-state index in [-0.39, 0.29) is 34.6 Å². The predicted molar refractivity (Wildman–Crippen MR) is 363 cm³/mol. The number of aliphatic hydroxyl groups excluding tert-OH is 5. The first-order chi connectivity index (χ1) is 41.3. The molecule has 0 radical (unpaired) electrons. The number of fused-ring (bicyclic) bond motifs is 15. The van der Waals surface area contributed by atoms with Crippen molar-refractivity contribution in [2.24, 2.45) is 145 Å². The van der Waals surface area contributed by atoms with E-state index in [2.05, 4.69) is 104 Å². The zero-order valence-corrected chi connectivity index (χ0v) is 60.0. The highest BCUT2D eigenvalue weighted by Gasteiger charge is 2.69. The van der Waals surface area contributed by atoms with Gasteiger partial charge in [-0.2, -0.15) is 0 Å². The van der Waals surface area contributed by atoms with E-state index >= 15 is 0 Å². The van der Waals surface area contributed by atoms with E-state index in [1.807, 2.05) is 0 Å². The fourth-order valence-electron chi connectivity index (χ4n) is 27.8. The third-order valence-electron chi connectivity index (χ3n) is 32.9. The Bertz CT molecular complexity index is 2270. The van der Waals surface area contributed by atoms with Crippen LogP contribution in [0.25, 0.3) is 0 Å². The van der Waals surface area contributed by atoms with Gasteiger partial charge in [0.15, 0.2) is 0 Å². The molecule has 0 aromatic heterocycles. The molecule has 29 atom stereocenters. The van der Waals surface area contributed by atoms with Crippen LogP contribution in [0.4, 0.5) is 0 Å². The first-order valence-corrected chi connectivity index (χ1v) is 39.1. The second-order valence-corrected chi connectivity index (χ2v) is 38.4. The first-order valence-electron chi connectivity index (χ1n) is 39.1. The zero-order valence-electron chi connectivity index (χ0n) is 60.0. The molecule has 0 spiro atoms. The molecule has 0 aliphatic heterocycles. The standard InChI is InChI=1S/C27H48O3.2C27H48O2/c1-17(2)7-6-8-18(3)21-9-10-22-20-15-24(29)27(30)16-19(28)11-14-26(27,5)23(20)12-13-25(21,22)4;1-18(2)7-6-8-19(3)22-9-10-23-21-12-16-27(29)17-20(28)11-15-26(27,5)24(21)13-14-25(22,23)4;1-17(2)7-6-8-18(3)21-9-10-22-20-16-25(29)24-15-19(28)11-13-27(24,5)23(20)12-14-26(21,22)4/h17-24,28-30H,6-16H2,1-5H3;18-24,28-29H,6-17H2,1-5H3;17-25,28-29H,6-16H2,1-5H3. The molecule has 0 amide bonds. The van der Waals surface area contributed by atoms with Gasteiger partial charge in [-0.15, -0.1) is 0 Å². The van der Waals surface area contributed by atoms with Crippen LogP contribution in [-0.2, 0) is 0 Å². The van der Waals surface area contributed by atoms with E-state index in [9.17, 15) is 35.7 Å². The second kappa shape index (κ2) is 27.0. The van der Waals surface area contributed by atoms with Gasteiger partial charge in [0.05, 0.1) is 41.7 Å². The lowest BCUT2D eigenvalue weighted by Gasteiger charge is -2.65.